The average molecular weight is 256 g/mol. The van der Waals surface area contributed by atoms with Crippen LogP contribution in [0.1, 0.15) is 0 Å². The number of aromatic nitrogens is 2. The van der Waals surface area contributed by atoms with E-state index in [-0.39, 0.29) is 5.75 Å². The first kappa shape index (κ1) is 11.2. The summed E-state index contributed by atoms with van der Waals surface area (Å²) in [6, 6.07) is 11.2. The number of aromatic hydroxyl groups is 1. The van der Waals surface area contributed by atoms with E-state index >= 15 is 0 Å². The van der Waals surface area contributed by atoms with Crippen LogP contribution in [0.3, 0.4) is 0 Å². The van der Waals surface area contributed by atoms with E-state index in [1.165, 1.54) is 4.90 Å². The van der Waals surface area contributed by atoms with E-state index in [2.05, 4.69) is 23.5 Å². The number of rotatable bonds is 2. The van der Waals surface area contributed by atoms with Gasteiger partial charge in [-0.15, -0.1) is 11.8 Å². The molecule has 0 saturated heterocycles. The molecule has 4 heteroatoms. The fourth-order valence-corrected chi connectivity index (χ4v) is 2.29. The number of pyridine rings is 1. The molecule has 0 fully saturated rings. The van der Waals surface area contributed by atoms with E-state index in [0.717, 1.165) is 16.9 Å². The summed E-state index contributed by atoms with van der Waals surface area (Å²) >= 11 is 1.71. The van der Waals surface area contributed by atoms with Crippen LogP contribution in [0.15, 0.2) is 53.7 Å². The maximum atomic E-state index is 9.28. The summed E-state index contributed by atoms with van der Waals surface area (Å²) in [5, 5.41) is 9.28. The molecule has 0 aliphatic rings. The number of fused-ring (bicyclic) bond motifs is 1. The van der Waals surface area contributed by atoms with Gasteiger partial charge in [0.1, 0.15) is 11.4 Å². The largest absolute Gasteiger partial charge is 0.508 e. The molecule has 1 N–H and O–H groups in total. The molecular weight excluding hydrogens is 244 g/mol. The second-order valence-electron chi connectivity index (χ2n) is 4.01. The first-order valence-corrected chi connectivity index (χ1v) is 6.81. The van der Waals surface area contributed by atoms with Gasteiger partial charge in [-0.3, -0.25) is 0 Å². The van der Waals surface area contributed by atoms with Crippen molar-refractivity contribution in [3.8, 4) is 17.0 Å². The SMILES string of the molecule is CSc1ccc2nc(-c3ccc(O)cc3)cn2c1. The quantitative estimate of drug-likeness (QED) is 0.714. The zero-order valence-corrected chi connectivity index (χ0v) is 10.7. The first-order chi connectivity index (χ1) is 8.76. The van der Waals surface area contributed by atoms with Gasteiger partial charge in [-0.2, -0.15) is 0 Å². The summed E-state index contributed by atoms with van der Waals surface area (Å²) in [5.74, 6) is 0.271. The van der Waals surface area contributed by atoms with Crippen molar-refractivity contribution >= 4 is 17.4 Å². The van der Waals surface area contributed by atoms with Crippen molar-refractivity contribution in [3.05, 3.63) is 48.8 Å². The maximum Gasteiger partial charge on any atom is 0.137 e. The van der Waals surface area contributed by atoms with Crippen LogP contribution >= 0.6 is 11.8 Å². The monoisotopic (exact) mass is 256 g/mol. The Hall–Kier alpha value is -1.94. The molecule has 0 spiro atoms. The van der Waals surface area contributed by atoms with Crippen molar-refractivity contribution in [2.45, 2.75) is 4.90 Å². The van der Waals surface area contributed by atoms with Crippen molar-refractivity contribution in [2.75, 3.05) is 6.26 Å². The predicted octanol–water partition coefficient (Wildman–Crippen LogP) is 3.43. The number of phenolic OH excluding ortho intramolecular Hbond substituents is 1. The van der Waals surface area contributed by atoms with Gasteiger partial charge >= 0.3 is 0 Å². The van der Waals surface area contributed by atoms with E-state index in [9.17, 15) is 5.11 Å². The van der Waals surface area contributed by atoms with Crippen LogP contribution in [-0.4, -0.2) is 20.7 Å². The molecule has 2 aromatic heterocycles. The molecule has 0 radical (unpaired) electrons. The molecule has 18 heavy (non-hydrogen) atoms. The van der Waals surface area contributed by atoms with Crippen molar-refractivity contribution < 1.29 is 5.11 Å². The lowest BCUT2D eigenvalue weighted by Gasteiger charge is -1.96. The summed E-state index contributed by atoms with van der Waals surface area (Å²) < 4.78 is 2.02. The van der Waals surface area contributed by atoms with E-state index in [1.807, 2.05) is 28.8 Å². The summed E-state index contributed by atoms with van der Waals surface area (Å²) in [6.07, 6.45) is 6.12. The lowest BCUT2D eigenvalue weighted by Crippen LogP contribution is -1.82. The Morgan fingerprint density at radius 2 is 1.83 bits per heavy atom. The minimum absolute atomic E-state index is 0.271. The smallest absolute Gasteiger partial charge is 0.137 e. The highest BCUT2D eigenvalue weighted by atomic mass is 32.2. The van der Waals surface area contributed by atoms with E-state index in [1.54, 1.807) is 23.9 Å². The Balaban J connectivity index is 2.10. The highest BCUT2D eigenvalue weighted by Gasteiger charge is 2.04. The van der Waals surface area contributed by atoms with Crippen LogP contribution in [0.25, 0.3) is 16.9 Å². The summed E-state index contributed by atoms with van der Waals surface area (Å²) in [7, 11) is 0. The van der Waals surface area contributed by atoms with Crippen molar-refractivity contribution in [1.29, 1.82) is 0 Å². The van der Waals surface area contributed by atoms with Crippen LogP contribution < -0.4 is 0 Å². The third-order valence-electron chi connectivity index (χ3n) is 2.82. The molecule has 0 aliphatic heterocycles. The fraction of sp³-hybridized carbons (Fsp3) is 0.0714. The van der Waals surface area contributed by atoms with E-state index in [4.69, 9.17) is 0 Å². The number of phenols is 1. The maximum absolute atomic E-state index is 9.28. The average Bonchev–Trinajstić information content (AvgIpc) is 2.82. The van der Waals surface area contributed by atoms with Gasteiger partial charge < -0.3 is 9.51 Å². The van der Waals surface area contributed by atoms with Gasteiger partial charge in [0.25, 0.3) is 0 Å². The van der Waals surface area contributed by atoms with Crippen molar-refractivity contribution in [1.82, 2.24) is 9.38 Å². The van der Waals surface area contributed by atoms with E-state index < -0.39 is 0 Å². The summed E-state index contributed by atoms with van der Waals surface area (Å²) in [4.78, 5) is 5.77. The topological polar surface area (TPSA) is 37.5 Å². The summed E-state index contributed by atoms with van der Waals surface area (Å²) in [6.45, 7) is 0. The Morgan fingerprint density at radius 3 is 2.56 bits per heavy atom. The molecule has 0 atom stereocenters. The molecule has 2 heterocycles. The van der Waals surface area contributed by atoms with Crippen molar-refractivity contribution in [2.24, 2.45) is 0 Å². The number of nitrogens with zero attached hydrogens (tertiary/aromatic N) is 2. The Morgan fingerprint density at radius 1 is 1.06 bits per heavy atom. The van der Waals surface area contributed by atoms with Crippen LogP contribution in [-0.2, 0) is 0 Å². The second-order valence-corrected chi connectivity index (χ2v) is 4.89. The normalized spacial score (nSPS) is 10.9. The van der Waals surface area contributed by atoms with Gasteiger partial charge in [0, 0.05) is 22.9 Å². The molecule has 3 rings (SSSR count). The predicted molar refractivity (Wildman–Crippen MR) is 74.1 cm³/mol. The third-order valence-corrected chi connectivity index (χ3v) is 3.54. The van der Waals surface area contributed by atoms with Gasteiger partial charge in [-0.25, -0.2) is 4.98 Å². The molecule has 0 unspecified atom stereocenters. The number of imidazole rings is 1. The van der Waals surface area contributed by atoms with Crippen LogP contribution in [0.4, 0.5) is 0 Å². The molecule has 0 amide bonds. The molecule has 0 saturated carbocycles. The van der Waals surface area contributed by atoms with E-state index in [0.29, 0.717) is 0 Å². The minimum atomic E-state index is 0.271. The molecule has 0 aliphatic carbocycles. The first-order valence-electron chi connectivity index (χ1n) is 5.58. The standard InChI is InChI=1S/C14H12N2OS/c1-18-12-6-7-14-15-13(9-16(14)8-12)10-2-4-11(17)5-3-10/h2-9,17H,1H3. The van der Waals surface area contributed by atoms with Gasteiger partial charge in [-0.05, 0) is 42.7 Å². The van der Waals surface area contributed by atoms with Gasteiger partial charge in [-0.1, -0.05) is 0 Å². The Kier molecular flexibility index (Phi) is 2.72. The Labute approximate surface area is 109 Å². The van der Waals surface area contributed by atoms with Crippen LogP contribution in [0, 0.1) is 0 Å². The molecule has 90 valence electrons. The zero-order valence-electron chi connectivity index (χ0n) is 9.87. The second kappa shape index (κ2) is 4.38. The molecule has 3 aromatic rings. The number of hydrogen-bond acceptors (Lipinski definition) is 3. The van der Waals surface area contributed by atoms with Gasteiger partial charge in [0.15, 0.2) is 0 Å². The number of hydrogen-bond donors (Lipinski definition) is 1. The third kappa shape index (κ3) is 1.95. The van der Waals surface area contributed by atoms with Gasteiger partial charge in [0.05, 0.1) is 5.69 Å². The number of benzene rings is 1. The molecule has 3 nitrogen and oxygen atoms in total. The number of thioether (sulfide) groups is 1. The molecular formula is C14H12N2OS. The lowest BCUT2D eigenvalue weighted by molar-refractivity contribution is 0.475. The van der Waals surface area contributed by atoms with Crippen LogP contribution in [0.2, 0.25) is 0 Å². The summed E-state index contributed by atoms with van der Waals surface area (Å²) in [5.41, 5.74) is 2.84. The van der Waals surface area contributed by atoms with Crippen LogP contribution in [0.5, 0.6) is 5.75 Å². The zero-order chi connectivity index (χ0) is 12.5. The van der Waals surface area contributed by atoms with Gasteiger partial charge in [0.2, 0.25) is 0 Å². The Bertz CT molecular complexity index is 689. The highest BCUT2D eigenvalue weighted by Crippen LogP contribution is 2.23. The molecule has 1 aromatic carbocycles. The minimum Gasteiger partial charge on any atom is -0.508 e. The fourth-order valence-electron chi connectivity index (χ4n) is 1.86. The molecule has 0 bridgehead atoms. The van der Waals surface area contributed by atoms with Crippen molar-refractivity contribution in [3.63, 3.8) is 0 Å². The highest BCUT2D eigenvalue weighted by molar-refractivity contribution is 7.98. The lowest BCUT2D eigenvalue weighted by atomic mass is 10.2.